The molecule has 1 atom stereocenters. The molecule has 1 aromatic carbocycles. The second kappa shape index (κ2) is 8.40. The molecule has 118 valence electrons. The van der Waals surface area contributed by atoms with E-state index in [1.165, 1.54) is 30.4 Å². The van der Waals surface area contributed by atoms with Gasteiger partial charge in [-0.15, -0.1) is 0 Å². The van der Waals surface area contributed by atoms with E-state index < -0.39 is 0 Å². The Morgan fingerprint density at radius 3 is 2.95 bits per heavy atom. The lowest BCUT2D eigenvalue weighted by molar-refractivity contribution is 0.277. The number of fused-ring (bicyclic) bond motifs is 1. The van der Waals surface area contributed by atoms with E-state index in [2.05, 4.69) is 49.4 Å². The lowest BCUT2D eigenvalue weighted by atomic mass is 9.87. The van der Waals surface area contributed by atoms with Crippen molar-refractivity contribution in [2.24, 2.45) is 0 Å². The van der Waals surface area contributed by atoms with Crippen molar-refractivity contribution in [2.75, 3.05) is 33.8 Å². The van der Waals surface area contributed by atoms with Gasteiger partial charge in [0.1, 0.15) is 5.75 Å². The molecule has 1 unspecified atom stereocenters. The van der Waals surface area contributed by atoms with Crippen LogP contribution in [0.1, 0.15) is 49.8 Å². The third kappa shape index (κ3) is 4.72. The van der Waals surface area contributed by atoms with Gasteiger partial charge in [-0.25, -0.2) is 0 Å². The summed E-state index contributed by atoms with van der Waals surface area (Å²) in [6.07, 6.45) is 5.92. The SMILES string of the molecule is CCCNC1CCCc2c(OCCCN(C)C)cccc21. The van der Waals surface area contributed by atoms with Crippen molar-refractivity contribution in [1.29, 1.82) is 0 Å². The van der Waals surface area contributed by atoms with Crippen LogP contribution >= 0.6 is 0 Å². The van der Waals surface area contributed by atoms with E-state index in [0.29, 0.717) is 6.04 Å². The van der Waals surface area contributed by atoms with Crippen LogP contribution in [-0.2, 0) is 6.42 Å². The number of rotatable bonds is 8. The van der Waals surface area contributed by atoms with Crippen LogP contribution < -0.4 is 10.1 Å². The fraction of sp³-hybridized carbons (Fsp3) is 0.667. The van der Waals surface area contributed by atoms with Gasteiger partial charge in [0.2, 0.25) is 0 Å². The summed E-state index contributed by atoms with van der Waals surface area (Å²) < 4.78 is 6.05. The van der Waals surface area contributed by atoms with Crippen molar-refractivity contribution in [3.8, 4) is 5.75 Å². The first-order valence-electron chi connectivity index (χ1n) is 8.35. The van der Waals surface area contributed by atoms with Crippen molar-refractivity contribution in [3.05, 3.63) is 29.3 Å². The van der Waals surface area contributed by atoms with Crippen molar-refractivity contribution in [2.45, 2.75) is 45.1 Å². The highest BCUT2D eigenvalue weighted by molar-refractivity contribution is 5.43. The standard InChI is InChI=1S/C18H30N2O/c1-4-12-19-17-10-5-9-16-15(17)8-6-11-18(16)21-14-7-13-20(2)3/h6,8,11,17,19H,4-5,7,9-10,12-14H2,1-3H3. The van der Waals surface area contributed by atoms with E-state index in [-0.39, 0.29) is 0 Å². The van der Waals surface area contributed by atoms with E-state index >= 15 is 0 Å². The van der Waals surface area contributed by atoms with Crippen LogP contribution in [-0.4, -0.2) is 38.7 Å². The smallest absolute Gasteiger partial charge is 0.122 e. The zero-order chi connectivity index (χ0) is 15.1. The van der Waals surface area contributed by atoms with Crippen molar-refractivity contribution >= 4 is 0 Å². The molecule has 21 heavy (non-hydrogen) atoms. The molecule has 1 aliphatic carbocycles. The molecule has 0 fully saturated rings. The first kappa shape index (κ1) is 16.3. The number of ether oxygens (including phenoxy) is 1. The minimum Gasteiger partial charge on any atom is -0.493 e. The normalized spacial score (nSPS) is 17.8. The summed E-state index contributed by atoms with van der Waals surface area (Å²) in [4.78, 5) is 2.20. The van der Waals surface area contributed by atoms with Crippen LogP contribution in [0.5, 0.6) is 5.75 Å². The molecule has 0 bridgehead atoms. The Morgan fingerprint density at radius 2 is 2.19 bits per heavy atom. The monoisotopic (exact) mass is 290 g/mol. The Kier molecular flexibility index (Phi) is 6.52. The number of nitrogens with one attached hydrogen (secondary N) is 1. The third-order valence-corrected chi connectivity index (χ3v) is 4.11. The van der Waals surface area contributed by atoms with Crippen LogP contribution in [0.2, 0.25) is 0 Å². The minimum absolute atomic E-state index is 0.513. The first-order valence-corrected chi connectivity index (χ1v) is 8.35. The van der Waals surface area contributed by atoms with Crippen LogP contribution in [0, 0.1) is 0 Å². The Balaban J connectivity index is 2.00. The summed E-state index contributed by atoms with van der Waals surface area (Å²) in [5.74, 6) is 1.11. The molecule has 0 heterocycles. The van der Waals surface area contributed by atoms with Gasteiger partial charge in [0.05, 0.1) is 6.61 Å². The molecule has 0 spiro atoms. The summed E-state index contributed by atoms with van der Waals surface area (Å²) in [6, 6.07) is 7.07. The minimum atomic E-state index is 0.513. The fourth-order valence-electron chi connectivity index (χ4n) is 3.04. The van der Waals surface area contributed by atoms with Gasteiger partial charge in [0.15, 0.2) is 0 Å². The molecule has 3 nitrogen and oxygen atoms in total. The molecule has 0 radical (unpaired) electrons. The first-order chi connectivity index (χ1) is 10.2. The summed E-state index contributed by atoms with van der Waals surface area (Å²) in [5.41, 5.74) is 2.89. The zero-order valence-corrected chi connectivity index (χ0v) is 13.8. The maximum Gasteiger partial charge on any atom is 0.122 e. The highest BCUT2D eigenvalue weighted by Crippen LogP contribution is 2.35. The van der Waals surface area contributed by atoms with E-state index in [0.717, 1.165) is 38.3 Å². The van der Waals surface area contributed by atoms with Crippen molar-refractivity contribution < 1.29 is 4.74 Å². The Bertz CT molecular complexity index is 431. The van der Waals surface area contributed by atoms with E-state index in [9.17, 15) is 0 Å². The van der Waals surface area contributed by atoms with Gasteiger partial charge in [0.25, 0.3) is 0 Å². The lowest BCUT2D eigenvalue weighted by Crippen LogP contribution is -2.26. The van der Waals surface area contributed by atoms with Gasteiger partial charge in [-0.3, -0.25) is 0 Å². The molecule has 2 rings (SSSR count). The predicted octanol–water partition coefficient (Wildman–Crippen LogP) is 3.39. The molecule has 0 aliphatic heterocycles. The molecule has 0 saturated heterocycles. The average molecular weight is 290 g/mol. The maximum atomic E-state index is 6.05. The quantitative estimate of drug-likeness (QED) is 0.743. The van der Waals surface area contributed by atoms with Crippen LogP contribution in [0.15, 0.2) is 18.2 Å². The highest BCUT2D eigenvalue weighted by atomic mass is 16.5. The van der Waals surface area contributed by atoms with Gasteiger partial charge in [0, 0.05) is 12.6 Å². The van der Waals surface area contributed by atoms with E-state index in [4.69, 9.17) is 4.74 Å². The Hall–Kier alpha value is -1.06. The number of hydrogen-bond acceptors (Lipinski definition) is 3. The van der Waals surface area contributed by atoms with Crippen LogP contribution in [0.3, 0.4) is 0 Å². The predicted molar refractivity (Wildman–Crippen MR) is 89.1 cm³/mol. The van der Waals surface area contributed by atoms with E-state index in [1.54, 1.807) is 0 Å². The second-order valence-electron chi connectivity index (χ2n) is 6.23. The molecule has 0 saturated carbocycles. The van der Waals surface area contributed by atoms with Crippen LogP contribution in [0.4, 0.5) is 0 Å². The summed E-state index contributed by atoms with van der Waals surface area (Å²) in [5, 5.41) is 3.67. The maximum absolute atomic E-state index is 6.05. The van der Waals surface area contributed by atoms with Gasteiger partial charge in [-0.2, -0.15) is 0 Å². The van der Waals surface area contributed by atoms with Gasteiger partial charge in [-0.05, 0) is 69.9 Å². The second-order valence-corrected chi connectivity index (χ2v) is 6.23. The fourth-order valence-corrected chi connectivity index (χ4v) is 3.04. The zero-order valence-electron chi connectivity index (χ0n) is 13.8. The molecule has 3 heteroatoms. The third-order valence-electron chi connectivity index (χ3n) is 4.11. The molecule has 1 aromatic rings. The van der Waals surface area contributed by atoms with Crippen molar-refractivity contribution in [3.63, 3.8) is 0 Å². The Morgan fingerprint density at radius 1 is 1.33 bits per heavy atom. The largest absolute Gasteiger partial charge is 0.493 e. The average Bonchev–Trinajstić information content (AvgIpc) is 2.49. The number of hydrogen-bond donors (Lipinski definition) is 1. The molecular formula is C18H30N2O. The highest BCUT2D eigenvalue weighted by Gasteiger charge is 2.22. The summed E-state index contributed by atoms with van der Waals surface area (Å²) >= 11 is 0. The van der Waals surface area contributed by atoms with Crippen molar-refractivity contribution in [1.82, 2.24) is 10.2 Å². The van der Waals surface area contributed by atoms with Gasteiger partial charge < -0.3 is 15.0 Å². The Labute approximate surface area is 129 Å². The summed E-state index contributed by atoms with van der Waals surface area (Å²) in [7, 11) is 4.21. The lowest BCUT2D eigenvalue weighted by Gasteiger charge is -2.28. The van der Waals surface area contributed by atoms with Gasteiger partial charge in [-0.1, -0.05) is 19.1 Å². The number of nitrogens with zero attached hydrogens (tertiary/aromatic N) is 1. The van der Waals surface area contributed by atoms with Gasteiger partial charge >= 0.3 is 0 Å². The van der Waals surface area contributed by atoms with Crippen LogP contribution in [0.25, 0.3) is 0 Å². The molecule has 1 aliphatic rings. The van der Waals surface area contributed by atoms with E-state index in [1.807, 2.05) is 0 Å². The molecular weight excluding hydrogens is 260 g/mol. The molecule has 0 amide bonds. The summed E-state index contributed by atoms with van der Waals surface area (Å²) in [6.45, 7) is 5.20. The molecule has 1 N–H and O–H groups in total. The number of benzene rings is 1. The molecule has 0 aromatic heterocycles. The topological polar surface area (TPSA) is 24.5 Å².